The Kier molecular flexibility index (Phi) is 2.34. The van der Waals surface area contributed by atoms with Gasteiger partial charge in [-0.25, -0.2) is 4.39 Å². The normalized spacial score (nSPS) is 13.8. The summed E-state index contributed by atoms with van der Waals surface area (Å²) in [5, 5.41) is 0. The molecule has 1 nitrogen and oxygen atoms in total. The molecule has 0 saturated heterocycles. The maximum absolute atomic E-state index is 12.2. The van der Waals surface area contributed by atoms with Crippen LogP contribution in [0.3, 0.4) is 0 Å². The van der Waals surface area contributed by atoms with Gasteiger partial charge in [0.15, 0.2) is 0 Å². The summed E-state index contributed by atoms with van der Waals surface area (Å²) in [6.07, 6.45) is 0. The molecule has 0 aliphatic rings. The van der Waals surface area contributed by atoms with E-state index in [9.17, 15) is 4.39 Å². The third-order valence-electron chi connectivity index (χ3n) is 0.463. The first-order valence-electron chi connectivity index (χ1n) is 2.67. The van der Waals surface area contributed by atoms with Crippen molar-refractivity contribution in [2.24, 2.45) is 0 Å². The Balaban J connectivity index is 3.75. The van der Waals surface area contributed by atoms with E-state index in [2.05, 4.69) is 4.74 Å². The first kappa shape index (κ1) is 9.02. The SMILES string of the molecule is [B]C([B])(F)OC(C)(C)C. The van der Waals surface area contributed by atoms with Gasteiger partial charge in [0, 0.05) is 0 Å². The molecule has 0 unspecified atom stereocenters. The second kappa shape index (κ2) is 2.33. The summed E-state index contributed by atoms with van der Waals surface area (Å²) in [7, 11) is 9.42. The van der Waals surface area contributed by atoms with E-state index in [1.54, 1.807) is 20.8 Å². The molecular formula is C5H9B2FO. The fourth-order valence-corrected chi connectivity index (χ4v) is 0.469. The van der Waals surface area contributed by atoms with E-state index < -0.39 is 11.3 Å². The molecule has 0 aromatic rings. The molecule has 48 valence electrons. The van der Waals surface area contributed by atoms with Crippen molar-refractivity contribution in [1.29, 1.82) is 0 Å². The van der Waals surface area contributed by atoms with Crippen LogP contribution in [0.25, 0.3) is 0 Å². The molecule has 0 heterocycles. The summed E-state index contributed by atoms with van der Waals surface area (Å²) < 4.78 is 16.7. The van der Waals surface area contributed by atoms with Crippen molar-refractivity contribution in [3.63, 3.8) is 0 Å². The van der Waals surface area contributed by atoms with Crippen LogP contribution < -0.4 is 0 Å². The van der Waals surface area contributed by atoms with E-state index in [-0.39, 0.29) is 0 Å². The molecule has 0 rings (SSSR count). The molecule has 0 aliphatic carbocycles. The molecule has 0 atom stereocenters. The van der Waals surface area contributed by atoms with Crippen molar-refractivity contribution in [1.82, 2.24) is 0 Å². The third-order valence-corrected chi connectivity index (χ3v) is 0.463. The Morgan fingerprint density at radius 2 is 1.56 bits per heavy atom. The molecule has 0 amide bonds. The first-order chi connectivity index (χ1) is 3.71. The van der Waals surface area contributed by atoms with Crippen molar-refractivity contribution in [3.8, 4) is 0 Å². The van der Waals surface area contributed by atoms with Crippen LogP contribution in [0.5, 0.6) is 0 Å². The van der Waals surface area contributed by atoms with E-state index in [0.717, 1.165) is 0 Å². The largest absolute Gasteiger partial charge is 0.358 e. The Morgan fingerprint density at radius 3 is 1.56 bits per heavy atom. The highest BCUT2D eigenvalue weighted by molar-refractivity contribution is 6.37. The molecule has 4 heteroatoms. The van der Waals surface area contributed by atoms with Crippen LogP contribution >= 0.6 is 0 Å². The summed E-state index contributed by atoms with van der Waals surface area (Å²) >= 11 is 0. The van der Waals surface area contributed by atoms with Crippen molar-refractivity contribution < 1.29 is 9.13 Å². The van der Waals surface area contributed by atoms with Crippen LogP contribution in [0.15, 0.2) is 0 Å². The average Bonchev–Trinajstić information content (AvgIpc) is 1.14. The summed E-state index contributed by atoms with van der Waals surface area (Å²) in [5.74, 6) is 0. The molecule has 0 N–H and O–H groups in total. The van der Waals surface area contributed by atoms with Crippen LogP contribution in [0, 0.1) is 0 Å². The van der Waals surface area contributed by atoms with Gasteiger partial charge in [0.2, 0.25) is 0 Å². The molecule has 0 saturated carbocycles. The van der Waals surface area contributed by atoms with Gasteiger partial charge in [-0.15, -0.1) is 0 Å². The number of hydrogen-bond donors (Lipinski definition) is 0. The monoisotopic (exact) mass is 126 g/mol. The highest BCUT2D eigenvalue weighted by Gasteiger charge is 2.22. The number of rotatable bonds is 1. The molecule has 0 spiro atoms. The van der Waals surface area contributed by atoms with Gasteiger partial charge in [-0.2, -0.15) is 0 Å². The summed E-state index contributed by atoms with van der Waals surface area (Å²) in [6, 6.07) is 0. The lowest BCUT2D eigenvalue weighted by Gasteiger charge is -2.28. The molecule has 0 aliphatic heterocycles. The van der Waals surface area contributed by atoms with E-state index in [4.69, 9.17) is 15.7 Å². The van der Waals surface area contributed by atoms with Gasteiger partial charge < -0.3 is 4.74 Å². The van der Waals surface area contributed by atoms with E-state index in [0.29, 0.717) is 0 Å². The molecule has 0 bridgehead atoms. The molecule has 4 radical (unpaired) electrons. The molecule has 0 fully saturated rings. The molecule has 9 heavy (non-hydrogen) atoms. The van der Waals surface area contributed by atoms with Gasteiger partial charge >= 0.3 is 0 Å². The zero-order chi connectivity index (χ0) is 7.71. The topological polar surface area (TPSA) is 9.23 Å². The number of alkyl halides is 1. The minimum Gasteiger partial charge on any atom is -0.358 e. The molecule has 0 aromatic heterocycles. The Morgan fingerprint density at radius 1 is 1.22 bits per heavy atom. The number of hydrogen-bond acceptors (Lipinski definition) is 1. The van der Waals surface area contributed by atoms with Gasteiger partial charge in [-0.3, -0.25) is 0 Å². The van der Waals surface area contributed by atoms with Gasteiger partial charge in [0.05, 0.1) is 5.60 Å². The second-order valence-electron chi connectivity index (χ2n) is 2.91. The Bertz CT molecular complexity index is 80.1. The van der Waals surface area contributed by atoms with Crippen LogP contribution in [0.1, 0.15) is 20.8 Å². The van der Waals surface area contributed by atoms with Gasteiger partial charge in [-0.05, 0) is 20.8 Å². The fraction of sp³-hybridized carbons (Fsp3) is 1.00. The van der Waals surface area contributed by atoms with Crippen LogP contribution in [0.2, 0.25) is 0 Å². The standard InChI is InChI=1S/C5H9B2FO/c1-4(2,3)9-5(6,7)8/h1-3H3. The zero-order valence-electron chi connectivity index (χ0n) is 5.94. The molecular weight excluding hydrogens is 117 g/mol. The van der Waals surface area contributed by atoms with Crippen molar-refractivity contribution in [2.45, 2.75) is 32.0 Å². The lowest BCUT2D eigenvalue weighted by Crippen LogP contribution is -2.36. The predicted molar refractivity (Wildman–Crippen MR) is 36.2 cm³/mol. The minimum atomic E-state index is -2.52. The summed E-state index contributed by atoms with van der Waals surface area (Å²) in [5.41, 5.74) is -3.16. The first-order valence-corrected chi connectivity index (χ1v) is 2.67. The fourth-order valence-electron chi connectivity index (χ4n) is 0.469. The third kappa shape index (κ3) is 8.02. The minimum absolute atomic E-state index is 0.641. The van der Waals surface area contributed by atoms with Crippen LogP contribution in [-0.2, 0) is 4.74 Å². The smallest absolute Gasteiger partial charge is 0.146 e. The zero-order valence-corrected chi connectivity index (χ0v) is 5.94. The Labute approximate surface area is 57.8 Å². The van der Waals surface area contributed by atoms with Crippen molar-refractivity contribution >= 4 is 15.7 Å². The molecule has 0 aromatic carbocycles. The van der Waals surface area contributed by atoms with Crippen LogP contribution in [-0.4, -0.2) is 26.9 Å². The second-order valence-corrected chi connectivity index (χ2v) is 2.91. The van der Waals surface area contributed by atoms with Crippen LogP contribution in [0.4, 0.5) is 4.39 Å². The van der Waals surface area contributed by atoms with Crippen molar-refractivity contribution in [2.75, 3.05) is 0 Å². The van der Waals surface area contributed by atoms with Gasteiger partial charge in [0.25, 0.3) is 0 Å². The summed E-state index contributed by atoms with van der Waals surface area (Å²) in [4.78, 5) is 0. The van der Waals surface area contributed by atoms with E-state index in [1.165, 1.54) is 0 Å². The quantitative estimate of drug-likeness (QED) is 0.470. The van der Waals surface area contributed by atoms with E-state index in [1.807, 2.05) is 0 Å². The van der Waals surface area contributed by atoms with Gasteiger partial charge in [-0.1, -0.05) is 0 Å². The summed E-state index contributed by atoms with van der Waals surface area (Å²) in [6.45, 7) is 5.00. The maximum Gasteiger partial charge on any atom is 0.146 e. The maximum atomic E-state index is 12.2. The van der Waals surface area contributed by atoms with E-state index >= 15 is 0 Å². The average molecular weight is 126 g/mol. The highest BCUT2D eigenvalue weighted by atomic mass is 19.2. The number of halogens is 1. The Hall–Kier alpha value is 0.0199. The van der Waals surface area contributed by atoms with Crippen molar-refractivity contribution in [3.05, 3.63) is 0 Å². The lowest BCUT2D eigenvalue weighted by molar-refractivity contribution is -0.104. The predicted octanol–water partition coefficient (Wildman–Crippen LogP) is 0.719. The lowest BCUT2D eigenvalue weighted by atomic mass is 9.78. The highest BCUT2D eigenvalue weighted by Crippen LogP contribution is 2.15. The number of ether oxygens (including phenoxy) is 1. The van der Waals surface area contributed by atoms with Gasteiger partial charge in [0.1, 0.15) is 21.3 Å².